The number of halogens is 1. The molecule has 5 nitrogen and oxygen atoms in total. The van der Waals surface area contributed by atoms with E-state index in [2.05, 4.69) is 0 Å². The van der Waals surface area contributed by atoms with E-state index in [-0.39, 0.29) is 27.8 Å². The van der Waals surface area contributed by atoms with Gasteiger partial charge in [-0.3, -0.25) is 0 Å². The average molecular weight is 365 g/mol. The molecule has 0 amide bonds. The van der Waals surface area contributed by atoms with Crippen molar-refractivity contribution in [2.45, 2.75) is 33.1 Å². The number of carboxylic acid groups (broad SMARTS) is 1. The predicted octanol–water partition coefficient (Wildman–Crippen LogP) is 5.28. The molecule has 0 saturated carbocycles. The first-order valence-corrected chi connectivity index (χ1v) is 8.54. The number of carbonyl (C=O) groups is 1. The van der Waals surface area contributed by atoms with E-state index in [1.165, 1.54) is 12.1 Å². The number of carboxylic acids is 1. The van der Waals surface area contributed by atoms with Crippen LogP contribution in [0.2, 0.25) is 5.02 Å². The first kappa shape index (κ1) is 18.9. The third-order valence-electron chi connectivity index (χ3n) is 3.57. The van der Waals surface area contributed by atoms with Crippen LogP contribution >= 0.6 is 11.6 Å². The lowest BCUT2D eigenvalue weighted by molar-refractivity contribution is 0.0692. The molecule has 0 heterocycles. The number of rotatable bonds is 8. The van der Waals surface area contributed by atoms with Crippen LogP contribution in [-0.4, -0.2) is 22.8 Å². The van der Waals surface area contributed by atoms with Gasteiger partial charge in [0.2, 0.25) is 0 Å². The number of aromatic hydroxyl groups is 1. The van der Waals surface area contributed by atoms with Crippen molar-refractivity contribution in [1.29, 1.82) is 0 Å². The summed E-state index contributed by atoms with van der Waals surface area (Å²) in [6.45, 7) is 4.26. The lowest BCUT2D eigenvalue weighted by atomic mass is 10.1. The van der Waals surface area contributed by atoms with Gasteiger partial charge in [-0.1, -0.05) is 37.9 Å². The van der Waals surface area contributed by atoms with Crippen molar-refractivity contribution in [3.63, 3.8) is 0 Å². The van der Waals surface area contributed by atoms with Gasteiger partial charge in [0, 0.05) is 5.56 Å². The van der Waals surface area contributed by atoms with Gasteiger partial charge in [-0.15, -0.1) is 0 Å². The Bertz CT molecular complexity index is 758. The summed E-state index contributed by atoms with van der Waals surface area (Å²) < 4.78 is 11.4. The van der Waals surface area contributed by atoms with E-state index in [0.717, 1.165) is 6.42 Å². The minimum Gasteiger partial charge on any atom is -0.508 e. The maximum Gasteiger partial charge on any atom is 0.339 e. The van der Waals surface area contributed by atoms with Gasteiger partial charge in [-0.25, -0.2) is 4.79 Å². The molecule has 0 bridgehead atoms. The van der Waals surface area contributed by atoms with Crippen LogP contribution in [-0.2, 0) is 6.42 Å². The van der Waals surface area contributed by atoms with Crippen LogP contribution in [0.5, 0.6) is 23.0 Å². The second-order valence-corrected chi connectivity index (χ2v) is 5.89. The van der Waals surface area contributed by atoms with E-state index >= 15 is 0 Å². The SMILES string of the molecule is CCCOc1c(C(=O)O)ccc(Oc2cccc(O)c2CCC)c1Cl. The summed E-state index contributed by atoms with van der Waals surface area (Å²) in [5, 5.41) is 19.4. The normalized spacial score (nSPS) is 10.5. The van der Waals surface area contributed by atoms with Crippen LogP contribution in [0.1, 0.15) is 42.6 Å². The summed E-state index contributed by atoms with van der Waals surface area (Å²) in [4.78, 5) is 11.4. The molecule has 2 aromatic rings. The fourth-order valence-corrected chi connectivity index (χ4v) is 2.66. The van der Waals surface area contributed by atoms with E-state index in [4.69, 9.17) is 21.1 Å². The summed E-state index contributed by atoms with van der Waals surface area (Å²) in [6, 6.07) is 7.90. The first-order valence-electron chi connectivity index (χ1n) is 8.16. The highest BCUT2D eigenvalue weighted by Gasteiger charge is 2.20. The molecule has 134 valence electrons. The Morgan fingerprint density at radius 2 is 1.88 bits per heavy atom. The van der Waals surface area contributed by atoms with E-state index < -0.39 is 5.97 Å². The number of phenolic OH excluding ortho intramolecular Hbond substituents is 1. The third kappa shape index (κ3) is 4.37. The van der Waals surface area contributed by atoms with Gasteiger partial charge in [-0.2, -0.15) is 0 Å². The molecule has 0 unspecified atom stereocenters. The highest BCUT2D eigenvalue weighted by molar-refractivity contribution is 6.34. The molecule has 0 spiro atoms. The molecule has 0 aliphatic heterocycles. The maximum atomic E-state index is 11.4. The van der Waals surface area contributed by atoms with Crippen molar-refractivity contribution >= 4 is 17.6 Å². The van der Waals surface area contributed by atoms with Crippen LogP contribution in [0, 0.1) is 0 Å². The molecule has 2 aromatic carbocycles. The van der Waals surface area contributed by atoms with Crippen molar-refractivity contribution in [2.75, 3.05) is 6.61 Å². The van der Waals surface area contributed by atoms with Gasteiger partial charge < -0.3 is 19.7 Å². The molecule has 0 fully saturated rings. The van der Waals surface area contributed by atoms with E-state index in [1.807, 2.05) is 13.8 Å². The van der Waals surface area contributed by atoms with Gasteiger partial charge in [0.15, 0.2) is 5.75 Å². The summed E-state index contributed by atoms with van der Waals surface area (Å²) in [5.41, 5.74) is 0.662. The van der Waals surface area contributed by atoms with Gasteiger partial charge in [0.1, 0.15) is 27.8 Å². The molecule has 0 saturated heterocycles. The zero-order valence-corrected chi connectivity index (χ0v) is 15.0. The average Bonchev–Trinajstić information content (AvgIpc) is 2.58. The van der Waals surface area contributed by atoms with Crippen LogP contribution in [0.25, 0.3) is 0 Å². The van der Waals surface area contributed by atoms with Crippen molar-refractivity contribution in [3.05, 3.63) is 46.5 Å². The van der Waals surface area contributed by atoms with Crippen molar-refractivity contribution in [2.24, 2.45) is 0 Å². The van der Waals surface area contributed by atoms with Crippen LogP contribution in [0.3, 0.4) is 0 Å². The fraction of sp³-hybridized carbons (Fsp3) is 0.316. The molecular formula is C19H21ClO5. The molecule has 0 aliphatic rings. The smallest absolute Gasteiger partial charge is 0.339 e. The number of aromatic carboxylic acids is 1. The third-order valence-corrected chi connectivity index (χ3v) is 3.93. The Labute approximate surface area is 151 Å². The van der Waals surface area contributed by atoms with Crippen LogP contribution < -0.4 is 9.47 Å². The van der Waals surface area contributed by atoms with E-state index in [0.29, 0.717) is 30.8 Å². The summed E-state index contributed by atoms with van der Waals surface area (Å²) in [7, 11) is 0. The Morgan fingerprint density at radius 3 is 2.52 bits per heavy atom. The Hall–Kier alpha value is -2.40. The molecular weight excluding hydrogens is 344 g/mol. The number of benzene rings is 2. The summed E-state index contributed by atoms with van der Waals surface area (Å²) in [5.74, 6) is -0.122. The van der Waals surface area contributed by atoms with Gasteiger partial charge in [0.05, 0.1) is 6.61 Å². The Kier molecular flexibility index (Phi) is 6.53. The van der Waals surface area contributed by atoms with E-state index in [9.17, 15) is 15.0 Å². The second kappa shape index (κ2) is 8.62. The molecule has 0 atom stereocenters. The monoisotopic (exact) mass is 364 g/mol. The number of hydrogen-bond donors (Lipinski definition) is 2. The Morgan fingerprint density at radius 1 is 1.12 bits per heavy atom. The highest BCUT2D eigenvalue weighted by Crippen LogP contribution is 2.41. The first-order chi connectivity index (χ1) is 12.0. The van der Waals surface area contributed by atoms with Gasteiger partial charge >= 0.3 is 5.97 Å². The molecule has 0 aromatic heterocycles. The van der Waals surface area contributed by atoms with Gasteiger partial charge in [0.25, 0.3) is 0 Å². The molecule has 0 aliphatic carbocycles. The zero-order valence-electron chi connectivity index (χ0n) is 14.2. The lowest BCUT2D eigenvalue weighted by Gasteiger charge is -2.16. The number of hydrogen-bond acceptors (Lipinski definition) is 4. The highest BCUT2D eigenvalue weighted by atomic mass is 35.5. The lowest BCUT2D eigenvalue weighted by Crippen LogP contribution is -2.05. The van der Waals surface area contributed by atoms with Crippen LogP contribution in [0.4, 0.5) is 0 Å². The molecule has 6 heteroatoms. The van der Waals surface area contributed by atoms with Crippen molar-refractivity contribution in [3.8, 4) is 23.0 Å². The van der Waals surface area contributed by atoms with Crippen LogP contribution in [0.15, 0.2) is 30.3 Å². The summed E-state index contributed by atoms with van der Waals surface area (Å²) in [6.07, 6.45) is 2.20. The minimum atomic E-state index is -1.12. The fourth-order valence-electron chi connectivity index (χ4n) is 2.40. The van der Waals surface area contributed by atoms with Crippen molar-refractivity contribution in [1.82, 2.24) is 0 Å². The maximum absolute atomic E-state index is 11.4. The minimum absolute atomic E-state index is 0.0181. The number of ether oxygens (including phenoxy) is 2. The Balaban J connectivity index is 2.44. The summed E-state index contributed by atoms with van der Waals surface area (Å²) >= 11 is 6.34. The molecule has 2 rings (SSSR count). The number of phenols is 1. The molecule has 2 N–H and O–H groups in total. The quantitative estimate of drug-likeness (QED) is 0.666. The zero-order chi connectivity index (χ0) is 18.4. The van der Waals surface area contributed by atoms with Gasteiger partial charge in [-0.05, 0) is 37.1 Å². The van der Waals surface area contributed by atoms with E-state index in [1.54, 1.807) is 18.2 Å². The standard InChI is InChI=1S/C19H21ClO5/c1-3-6-12-14(21)7-5-8-15(12)25-16-10-9-13(19(22)23)18(17(16)20)24-11-4-2/h5,7-10,21H,3-4,6,11H2,1-2H3,(H,22,23). The molecule has 25 heavy (non-hydrogen) atoms. The molecule has 0 radical (unpaired) electrons. The second-order valence-electron chi connectivity index (χ2n) is 5.51. The van der Waals surface area contributed by atoms with Crippen molar-refractivity contribution < 1.29 is 24.5 Å². The largest absolute Gasteiger partial charge is 0.508 e. The topological polar surface area (TPSA) is 76.0 Å². The predicted molar refractivity (Wildman–Crippen MR) is 96.4 cm³/mol.